The SMILES string of the molecule is CCOc1ccc2[nH]c(C(=O)NN=Cc3ccccc3OC(=O)c3cc(Cl)ccc3OC)c(-c3ccccc3Cl)c2c1. The lowest BCUT2D eigenvalue weighted by atomic mass is 10.0. The standard InChI is InChI=1S/C32H25Cl2N3O5/c1-3-41-21-13-14-26-23(17-21)29(22-9-5-6-10-25(22)34)30(36-26)31(38)37-35-18-19-8-4-7-11-27(19)42-32(39)24-16-20(33)12-15-28(24)40-2/h4-18,36H,3H2,1-2H3,(H,37,38). The van der Waals surface area contributed by atoms with E-state index in [0.717, 1.165) is 10.9 Å². The monoisotopic (exact) mass is 601 g/mol. The van der Waals surface area contributed by atoms with Crippen molar-refractivity contribution < 1.29 is 23.8 Å². The Labute approximate surface area is 251 Å². The number of benzene rings is 4. The van der Waals surface area contributed by atoms with Gasteiger partial charge in [-0.05, 0) is 61.5 Å². The molecule has 42 heavy (non-hydrogen) atoms. The number of esters is 1. The van der Waals surface area contributed by atoms with Gasteiger partial charge in [-0.25, -0.2) is 10.2 Å². The molecule has 0 saturated heterocycles. The van der Waals surface area contributed by atoms with Gasteiger partial charge >= 0.3 is 5.97 Å². The van der Waals surface area contributed by atoms with Gasteiger partial charge in [0.2, 0.25) is 0 Å². The van der Waals surface area contributed by atoms with Gasteiger partial charge in [0.25, 0.3) is 5.91 Å². The first-order valence-electron chi connectivity index (χ1n) is 12.9. The number of para-hydroxylation sites is 1. The van der Waals surface area contributed by atoms with Crippen LogP contribution >= 0.6 is 23.2 Å². The molecule has 1 amide bonds. The van der Waals surface area contributed by atoms with E-state index in [-0.39, 0.29) is 17.0 Å². The van der Waals surface area contributed by atoms with Crippen LogP contribution in [0.3, 0.4) is 0 Å². The van der Waals surface area contributed by atoms with Gasteiger partial charge < -0.3 is 19.2 Å². The number of rotatable bonds is 9. The van der Waals surface area contributed by atoms with Crippen LogP contribution in [0.5, 0.6) is 17.2 Å². The van der Waals surface area contributed by atoms with Crippen LogP contribution in [0.25, 0.3) is 22.0 Å². The number of ether oxygens (including phenoxy) is 3. The largest absolute Gasteiger partial charge is 0.496 e. The highest BCUT2D eigenvalue weighted by Crippen LogP contribution is 2.38. The quantitative estimate of drug-likeness (QED) is 0.0786. The fourth-order valence-electron chi connectivity index (χ4n) is 4.43. The molecular formula is C32H25Cl2N3O5. The Morgan fingerprint density at radius 2 is 1.74 bits per heavy atom. The molecule has 0 fully saturated rings. The number of amides is 1. The Hall–Kier alpha value is -4.79. The summed E-state index contributed by atoms with van der Waals surface area (Å²) in [6, 6.07) is 24.3. The third-order valence-corrected chi connectivity index (χ3v) is 6.89. The summed E-state index contributed by atoms with van der Waals surface area (Å²) >= 11 is 12.6. The molecule has 5 rings (SSSR count). The van der Waals surface area contributed by atoms with Gasteiger partial charge in [0.1, 0.15) is 28.5 Å². The van der Waals surface area contributed by atoms with Crippen LogP contribution in [0.2, 0.25) is 10.0 Å². The first-order valence-corrected chi connectivity index (χ1v) is 13.7. The zero-order valence-electron chi connectivity index (χ0n) is 22.6. The Balaban J connectivity index is 1.42. The van der Waals surface area contributed by atoms with Crippen molar-refractivity contribution >= 4 is 52.2 Å². The molecule has 0 radical (unpaired) electrons. The van der Waals surface area contributed by atoms with E-state index in [1.807, 2.05) is 43.3 Å². The second-order valence-corrected chi connectivity index (χ2v) is 9.81. The van der Waals surface area contributed by atoms with E-state index in [4.69, 9.17) is 37.4 Å². The van der Waals surface area contributed by atoms with Crippen LogP contribution in [0.4, 0.5) is 0 Å². The molecule has 10 heteroatoms. The molecule has 0 bridgehead atoms. The highest BCUT2D eigenvalue weighted by atomic mass is 35.5. The van der Waals surface area contributed by atoms with Crippen molar-refractivity contribution in [3.05, 3.63) is 112 Å². The lowest BCUT2D eigenvalue weighted by Gasteiger charge is -2.10. The number of hydrogen-bond acceptors (Lipinski definition) is 6. The molecule has 212 valence electrons. The lowest BCUT2D eigenvalue weighted by Crippen LogP contribution is -2.19. The normalized spacial score (nSPS) is 11.0. The third kappa shape index (κ3) is 6.10. The maximum atomic E-state index is 13.4. The van der Waals surface area contributed by atoms with Crippen molar-refractivity contribution in [1.29, 1.82) is 0 Å². The summed E-state index contributed by atoms with van der Waals surface area (Å²) in [6.45, 7) is 2.41. The number of methoxy groups -OCH3 is 1. The van der Waals surface area contributed by atoms with Crippen LogP contribution < -0.4 is 19.6 Å². The van der Waals surface area contributed by atoms with Crippen molar-refractivity contribution in [2.75, 3.05) is 13.7 Å². The zero-order valence-corrected chi connectivity index (χ0v) is 24.1. The van der Waals surface area contributed by atoms with E-state index in [9.17, 15) is 9.59 Å². The molecule has 0 unspecified atom stereocenters. The smallest absolute Gasteiger partial charge is 0.347 e. The summed E-state index contributed by atoms with van der Waals surface area (Å²) < 4.78 is 16.6. The maximum absolute atomic E-state index is 13.4. The van der Waals surface area contributed by atoms with Gasteiger partial charge in [0, 0.05) is 37.6 Å². The highest BCUT2D eigenvalue weighted by Gasteiger charge is 2.22. The molecule has 0 atom stereocenters. The topological polar surface area (TPSA) is 102 Å². The maximum Gasteiger partial charge on any atom is 0.347 e. The number of hydrogen-bond donors (Lipinski definition) is 2. The number of fused-ring (bicyclic) bond motifs is 1. The average molecular weight is 602 g/mol. The Kier molecular flexibility index (Phi) is 8.76. The van der Waals surface area contributed by atoms with Crippen LogP contribution in [0.1, 0.15) is 33.3 Å². The zero-order chi connectivity index (χ0) is 29.6. The van der Waals surface area contributed by atoms with Gasteiger partial charge in [-0.3, -0.25) is 4.79 Å². The summed E-state index contributed by atoms with van der Waals surface area (Å²) in [4.78, 5) is 29.5. The number of aromatic nitrogens is 1. The van der Waals surface area contributed by atoms with Crippen molar-refractivity contribution in [2.24, 2.45) is 5.10 Å². The fraction of sp³-hybridized carbons (Fsp3) is 0.0938. The average Bonchev–Trinajstić information content (AvgIpc) is 3.37. The molecule has 8 nitrogen and oxygen atoms in total. The van der Waals surface area contributed by atoms with Crippen molar-refractivity contribution in [3.8, 4) is 28.4 Å². The van der Waals surface area contributed by atoms with E-state index in [2.05, 4.69) is 15.5 Å². The molecule has 0 aliphatic heterocycles. The minimum Gasteiger partial charge on any atom is -0.496 e. The van der Waals surface area contributed by atoms with Crippen molar-refractivity contribution in [3.63, 3.8) is 0 Å². The highest BCUT2D eigenvalue weighted by molar-refractivity contribution is 6.34. The van der Waals surface area contributed by atoms with E-state index >= 15 is 0 Å². The molecule has 4 aromatic carbocycles. The molecular weight excluding hydrogens is 577 g/mol. The van der Waals surface area contributed by atoms with Gasteiger partial charge in [-0.15, -0.1) is 0 Å². The van der Waals surface area contributed by atoms with Gasteiger partial charge in [0.15, 0.2) is 0 Å². The second kappa shape index (κ2) is 12.8. The Bertz CT molecular complexity index is 1820. The molecule has 0 aliphatic rings. The second-order valence-electron chi connectivity index (χ2n) is 8.97. The Morgan fingerprint density at radius 1 is 0.952 bits per heavy atom. The number of halogens is 2. The molecule has 2 N–H and O–H groups in total. The molecule has 1 heterocycles. The van der Waals surface area contributed by atoms with Gasteiger partial charge in [-0.1, -0.05) is 53.5 Å². The fourth-order valence-corrected chi connectivity index (χ4v) is 4.83. The minimum absolute atomic E-state index is 0.170. The van der Waals surface area contributed by atoms with E-state index in [1.54, 1.807) is 42.5 Å². The van der Waals surface area contributed by atoms with E-state index in [0.29, 0.717) is 44.8 Å². The number of aromatic amines is 1. The van der Waals surface area contributed by atoms with Crippen molar-refractivity contribution in [1.82, 2.24) is 10.4 Å². The van der Waals surface area contributed by atoms with E-state index in [1.165, 1.54) is 19.4 Å². The number of H-pyrrole nitrogens is 1. The number of carbonyl (C=O) groups is 2. The molecule has 1 aromatic heterocycles. The third-order valence-electron chi connectivity index (χ3n) is 6.32. The van der Waals surface area contributed by atoms with Crippen molar-refractivity contribution in [2.45, 2.75) is 6.92 Å². The first kappa shape index (κ1) is 28.7. The van der Waals surface area contributed by atoms with Gasteiger partial charge in [0.05, 0.1) is 19.9 Å². The number of nitrogens with one attached hydrogen (secondary N) is 2. The Morgan fingerprint density at radius 3 is 2.52 bits per heavy atom. The minimum atomic E-state index is -0.659. The lowest BCUT2D eigenvalue weighted by molar-refractivity contribution is 0.0730. The summed E-state index contributed by atoms with van der Waals surface area (Å²) in [6.07, 6.45) is 1.39. The van der Waals surface area contributed by atoms with Crippen LogP contribution in [-0.2, 0) is 0 Å². The van der Waals surface area contributed by atoms with Crippen LogP contribution in [0.15, 0.2) is 90.0 Å². The van der Waals surface area contributed by atoms with Crippen LogP contribution in [-0.4, -0.2) is 36.8 Å². The summed E-state index contributed by atoms with van der Waals surface area (Å²) in [5.41, 5.74) is 5.50. The predicted octanol–water partition coefficient (Wildman–Crippen LogP) is 7.53. The first-order chi connectivity index (χ1) is 20.4. The number of carbonyl (C=O) groups excluding carboxylic acids is 2. The van der Waals surface area contributed by atoms with Crippen LogP contribution in [0, 0.1) is 0 Å². The molecule has 0 saturated carbocycles. The predicted molar refractivity (Wildman–Crippen MR) is 164 cm³/mol. The number of nitrogens with zero attached hydrogens (tertiary/aromatic N) is 1. The molecule has 0 aliphatic carbocycles. The summed E-state index contributed by atoms with van der Waals surface area (Å²) in [5.74, 6) is 0.0719. The number of hydrazone groups is 1. The van der Waals surface area contributed by atoms with Gasteiger partial charge in [-0.2, -0.15) is 5.10 Å². The summed E-state index contributed by atoms with van der Waals surface area (Å²) in [5, 5.41) is 5.77. The molecule has 0 spiro atoms. The van der Waals surface area contributed by atoms with E-state index < -0.39 is 11.9 Å². The molecule has 5 aromatic rings. The summed E-state index contributed by atoms with van der Waals surface area (Å²) in [7, 11) is 1.45.